The molecule has 1 aromatic heterocycles. The van der Waals surface area contributed by atoms with Crippen molar-refractivity contribution < 1.29 is 14.6 Å². The molecule has 35 heavy (non-hydrogen) atoms. The van der Waals surface area contributed by atoms with Gasteiger partial charge in [-0.05, 0) is 78.1 Å². The number of carbonyl (C=O) groups is 1. The molecule has 3 aromatic rings. The highest BCUT2D eigenvalue weighted by Gasteiger charge is 2.33. The van der Waals surface area contributed by atoms with Gasteiger partial charge in [0.2, 0.25) is 0 Å². The Hall–Kier alpha value is -2.54. The third-order valence-corrected chi connectivity index (χ3v) is 8.10. The molecule has 4 rings (SSSR count). The molecule has 0 spiro atoms. The summed E-state index contributed by atoms with van der Waals surface area (Å²) in [6.45, 7) is 6.81. The smallest absolute Gasteiger partial charge is 0.259 e. The molecule has 0 saturated carbocycles. The van der Waals surface area contributed by atoms with E-state index in [9.17, 15) is 9.90 Å². The summed E-state index contributed by atoms with van der Waals surface area (Å²) in [6, 6.07) is 10.3. The lowest BCUT2D eigenvalue weighted by atomic mass is 9.72. The number of phenols is 1. The molecule has 0 fully saturated rings. The number of benzene rings is 2. The van der Waals surface area contributed by atoms with E-state index in [-0.39, 0.29) is 27.8 Å². The first-order chi connectivity index (χ1) is 16.6. The highest BCUT2D eigenvalue weighted by atomic mass is 35.5. The minimum absolute atomic E-state index is 0.117. The number of rotatable bonds is 5. The number of halogens is 2. The second kappa shape index (κ2) is 10.2. The molecule has 1 aliphatic carbocycles. The molecule has 0 radical (unpaired) electrons. The number of hydrogen-bond donors (Lipinski definition) is 2. The van der Waals surface area contributed by atoms with Gasteiger partial charge in [0, 0.05) is 21.8 Å². The molecule has 1 amide bonds. The number of hydrogen-bond acceptors (Lipinski definition) is 5. The second-order valence-electron chi connectivity index (χ2n) is 9.76. The molecular weight excluding hydrogens is 503 g/mol. The maximum atomic E-state index is 13.5. The lowest BCUT2D eigenvalue weighted by Crippen LogP contribution is -2.27. The fourth-order valence-electron chi connectivity index (χ4n) is 4.32. The van der Waals surface area contributed by atoms with E-state index in [4.69, 9.17) is 32.9 Å². The zero-order chi connectivity index (χ0) is 25.3. The van der Waals surface area contributed by atoms with Crippen molar-refractivity contribution in [2.75, 3.05) is 12.4 Å². The SMILES string of the molecule is COc1cc(C=Nc2sc3c(c2C(=O)Nc2ccc(Cl)cc2)CC[C@H](C(C)(C)C)C3)cc(Cl)c1O. The van der Waals surface area contributed by atoms with Crippen LogP contribution >= 0.6 is 34.5 Å². The topological polar surface area (TPSA) is 70.9 Å². The first-order valence-electron chi connectivity index (χ1n) is 11.4. The van der Waals surface area contributed by atoms with Gasteiger partial charge in [-0.1, -0.05) is 44.0 Å². The summed E-state index contributed by atoms with van der Waals surface area (Å²) in [6.07, 6.45) is 4.44. The van der Waals surface area contributed by atoms with Crippen molar-refractivity contribution >= 4 is 57.3 Å². The Bertz CT molecular complexity index is 1280. The number of ether oxygens (including phenoxy) is 1. The Balaban J connectivity index is 1.72. The van der Waals surface area contributed by atoms with Gasteiger partial charge in [0.25, 0.3) is 5.91 Å². The van der Waals surface area contributed by atoms with Gasteiger partial charge in [0.1, 0.15) is 5.00 Å². The number of fused-ring (bicyclic) bond motifs is 1. The zero-order valence-corrected chi connectivity index (χ0v) is 22.4. The Morgan fingerprint density at radius 3 is 2.60 bits per heavy atom. The normalized spacial score (nSPS) is 15.8. The molecule has 1 aliphatic rings. The van der Waals surface area contributed by atoms with Gasteiger partial charge in [0.15, 0.2) is 11.5 Å². The molecule has 0 unspecified atom stereocenters. The Kier molecular flexibility index (Phi) is 7.46. The number of phenolic OH excluding ortho intramolecular Hbond substituents is 1. The van der Waals surface area contributed by atoms with Crippen LogP contribution in [0.4, 0.5) is 10.7 Å². The van der Waals surface area contributed by atoms with E-state index in [1.807, 2.05) is 0 Å². The number of thiophene rings is 1. The van der Waals surface area contributed by atoms with Crippen molar-refractivity contribution in [1.82, 2.24) is 0 Å². The summed E-state index contributed by atoms with van der Waals surface area (Å²) in [5.41, 5.74) is 3.21. The summed E-state index contributed by atoms with van der Waals surface area (Å²) in [4.78, 5) is 19.4. The summed E-state index contributed by atoms with van der Waals surface area (Å²) >= 11 is 13.7. The van der Waals surface area contributed by atoms with Crippen LogP contribution in [0, 0.1) is 11.3 Å². The molecule has 8 heteroatoms. The number of methoxy groups -OCH3 is 1. The van der Waals surface area contributed by atoms with Gasteiger partial charge in [-0.2, -0.15) is 0 Å². The predicted molar refractivity (Wildman–Crippen MR) is 146 cm³/mol. The van der Waals surface area contributed by atoms with Crippen LogP contribution in [0.5, 0.6) is 11.5 Å². The largest absolute Gasteiger partial charge is 0.503 e. The van der Waals surface area contributed by atoms with Gasteiger partial charge >= 0.3 is 0 Å². The van der Waals surface area contributed by atoms with E-state index in [0.717, 1.165) is 24.8 Å². The summed E-state index contributed by atoms with van der Waals surface area (Å²) in [5.74, 6) is 0.498. The van der Waals surface area contributed by atoms with Gasteiger partial charge < -0.3 is 15.2 Å². The number of aliphatic imine (C=N–C) groups is 1. The predicted octanol–water partition coefficient (Wildman–Crippen LogP) is 7.92. The fourth-order valence-corrected chi connectivity index (χ4v) is 5.93. The Morgan fingerprint density at radius 2 is 1.94 bits per heavy atom. The fraction of sp³-hybridized carbons (Fsp3) is 0.333. The molecule has 2 N–H and O–H groups in total. The van der Waals surface area contributed by atoms with E-state index in [1.54, 1.807) is 53.9 Å². The summed E-state index contributed by atoms with van der Waals surface area (Å²) in [7, 11) is 1.46. The van der Waals surface area contributed by atoms with Gasteiger partial charge in [-0.3, -0.25) is 4.79 Å². The Labute approximate surface area is 219 Å². The van der Waals surface area contributed by atoms with E-state index in [2.05, 4.69) is 26.1 Å². The van der Waals surface area contributed by atoms with Gasteiger partial charge in [0.05, 0.1) is 17.7 Å². The summed E-state index contributed by atoms with van der Waals surface area (Å²) in [5, 5.41) is 14.5. The number of carbonyl (C=O) groups excluding carboxylic acids is 1. The van der Waals surface area contributed by atoms with Crippen LogP contribution in [-0.2, 0) is 12.8 Å². The van der Waals surface area contributed by atoms with Crippen LogP contribution in [0.2, 0.25) is 10.0 Å². The molecule has 5 nitrogen and oxygen atoms in total. The molecular formula is C27H28Cl2N2O3S. The number of anilines is 1. The average Bonchev–Trinajstić information content (AvgIpc) is 3.18. The third kappa shape index (κ3) is 5.66. The molecule has 0 saturated heterocycles. The third-order valence-electron chi connectivity index (χ3n) is 6.40. The van der Waals surface area contributed by atoms with Crippen LogP contribution in [0.25, 0.3) is 0 Å². The molecule has 1 atom stereocenters. The molecule has 184 valence electrons. The number of nitrogens with one attached hydrogen (secondary N) is 1. The molecule has 1 heterocycles. The maximum Gasteiger partial charge on any atom is 0.259 e. The molecule has 0 aliphatic heterocycles. The minimum Gasteiger partial charge on any atom is -0.503 e. The zero-order valence-electron chi connectivity index (χ0n) is 20.1. The van der Waals surface area contributed by atoms with Crippen LogP contribution < -0.4 is 10.1 Å². The molecule has 2 aromatic carbocycles. The Morgan fingerprint density at radius 1 is 1.23 bits per heavy atom. The van der Waals surface area contributed by atoms with Crippen molar-refractivity contribution in [3.63, 3.8) is 0 Å². The number of nitrogens with zero attached hydrogens (tertiary/aromatic N) is 1. The monoisotopic (exact) mass is 530 g/mol. The van der Waals surface area contributed by atoms with E-state index in [0.29, 0.717) is 32.8 Å². The maximum absolute atomic E-state index is 13.5. The van der Waals surface area contributed by atoms with Crippen LogP contribution in [0.1, 0.15) is 53.6 Å². The quantitative estimate of drug-likeness (QED) is 0.329. The van der Waals surface area contributed by atoms with E-state index < -0.39 is 0 Å². The number of aromatic hydroxyl groups is 1. The van der Waals surface area contributed by atoms with Gasteiger partial charge in [-0.25, -0.2) is 4.99 Å². The van der Waals surface area contributed by atoms with Gasteiger partial charge in [-0.15, -0.1) is 11.3 Å². The average molecular weight is 532 g/mol. The van der Waals surface area contributed by atoms with Crippen LogP contribution in [0.15, 0.2) is 41.4 Å². The van der Waals surface area contributed by atoms with Crippen molar-refractivity contribution in [2.45, 2.75) is 40.0 Å². The molecule has 0 bridgehead atoms. The highest BCUT2D eigenvalue weighted by Crippen LogP contribution is 2.45. The van der Waals surface area contributed by atoms with E-state index >= 15 is 0 Å². The van der Waals surface area contributed by atoms with Crippen LogP contribution in [-0.4, -0.2) is 24.3 Å². The standard InChI is InChI=1S/C27H28Cl2N2O3S/c1-27(2,3)16-5-10-19-22(13-16)35-26(23(19)25(33)31-18-8-6-17(28)7-9-18)30-14-15-11-20(29)24(32)21(12-15)34-4/h6-9,11-12,14,16,32H,5,10,13H2,1-4H3,(H,31,33)/t16-/m0/s1. The van der Waals surface area contributed by atoms with Crippen molar-refractivity contribution in [3.8, 4) is 11.5 Å². The minimum atomic E-state index is -0.187. The first kappa shape index (κ1) is 25.5. The highest BCUT2D eigenvalue weighted by molar-refractivity contribution is 7.16. The lowest BCUT2D eigenvalue weighted by molar-refractivity contribution is 0.102. The van der Waals surface area contributed by atoms with Crippen molar-refractivity contribution in [1.29, 1.82) is 0 Å². The lowest BCUT2D eigenvalue weighted by Gasteiger charge is -2.33. The summed E-state index contributed by atoms with van der Waals surface area (Å²) < 4.78 is 5.20. The van der Waals surface area contributed by atoms with Crippen molar-refractivity contribution in [3.05, 3.63) is 68.0 Å². The van der Waals surface area contributed by atoms with Crippen molar-refractivity contribution in [2.24, 2.45) is 16.3 Å². The second-order valence-corrected chi connectivity index (χ2v) is 11.7. The number of amides is 1. The van der Waals surface area contributed by atoms with Crippen LogP contribution in [0.3, 0.4) is 0 Å². The first-order valence-corrected chi connectivity index (χ1v) is 13.0. The van der Waals surface area contributed by atoms with E-state index in [1.165, 1.54) is 12.0 Å².